The van der Waals surface area contributed by atoms with Crippen molar-refractivity contribution in [1.29, 1.82) is 0 Å². The number of benzene rings is 1. The smallest absolute Gasteiger partial charge is 0.0208 e. The van der Waals surface area contributed by atoms with Crippen LogP contribution in [0.4, 0.5) is 0 Å². The average molecular weight is 189 g/mol. The molecule has 0 saturated carbocycles. The molecule has 0 fully saturated rings. The van der Waals surface area contributed by atoms with E-state index in [1.165, 1.54) is 24.8 Å². The summed E-state index contributed by atoms with van der Waals surface area (Å²) in [6.07, 6.45) is 3.99. The van der Waals surface area contributed by atoms with E-state index >= 15 is 0 Å². The maximum Gasteiger partial charge on any atom is 0.0208 e. The van der Waals surface area contributed by atoms with Crippen LogP contribution in [0, 0.1) is 0 Å². The second-order valence-corrected chi connectivity index (χ2v) is 4.17. The number of nitrogens with one attached hydrogen (secondary N) is 1. The second-order valence-electron chi connectivity index (χ2n) is 4.17. The van der Waals surface area contributed by atoms with Gasteiger partial charge in [-0.25, -0.2) is 0 Å². The van der Waals surface area contributed by atoms with Crippen molar-refractivity contribution in [2.24, 2.45) is 0 Å². The molecule has 14 heavy (non-hydrogen) atoms. The summed E-state index contributed by atoms with van der Waals surface area (Å²) in [6.45, 7) is 4.48. The van der Waals surface area contributed by atoms with E-state index in [4.69, 9.17) is 0 Å². The Balaban J connectivity index is 2.14. The number of fused-ring (bicyclic) bond motifs is 1. The molecule has 76 valence electrons. The zero-order valence-electron chi connectivity index (χ0n) is 8.92. The predicted molar refractivity (Wildman–Crippen MR) is 60.4 cm³/mol. The Morgan fingerprint density at radius 3 is 3.07 bits per heavy atom. The third kappa shape index (κ3) is 1.98. The zero-order chi connectivity index (χ0) is 9.80. The molecule has 1 unspecified atom stereocenters. The van der Waals surface area contributed by atoms with Crippen LogP contribution < -0.4 is 5.32 Å². The first-order valence-corrected chi connectivity index (χ1v) is 5.70. The first-order valence-electron chi connectivity index (χ1n) is 5.70. The lowest BCUT2D eigenvalue weighted by atomic mass is 9.87. The summed E-state index contributed by atoms with van der Waals surface area (Å²) in [5.41, 5.74) is 3.08. The molecule has 1 aliphatic heterocycles. The molecule has 1 atom stereocenters. The SMILES string of the molecule is CCCCC1CNCc2ccccc21. The van der Waals surface area contributed by atoms with Crippen LogP contribution in [0.1, 0.15) is 43.2 Å². The van der Waals surface area contributed by atoms with Crippen molar-refractivity contribution in [3.8, 4) is 0 Å². The van der Waals surface area contributed by atoms with Crippen LogP contribution in [-0.2, 0) is 6.54 Å². The highest BCUT2D eigenvalue weighted by Gasteiger charge is 2.18. The molecule has 1 aliphatic rings. The van der Waals surface area contributed by atoms with E-state index in [1.807, 2.05) is 0 Å². The van der Waals surface area contributed by atoms with Crippen molar-refractivity contribution in [2.45, 2.75) is 38.6 Å². The molecule has 0 aliphatic carbocycles. The van der Waals surface area contributed by atoms with E-state index in [9.17, 15) is 0 Å². The van der Waals surface area contributed by atoms with Gasteiger partial charge in [-0.2, -0.15) is 0 Å². The second kappa shape index (κ2) is 4.61. The lowest BCUT2D eigenvalue weighted by molar-refractivity contribution is 0.498. The Morgan fingerprint density at radius 1 is 1.36 bits per heavy atom. The highest BCUT2D eigenvalue weighted by Crippen LogP contribution is 2.27. The lowest BCUT2D eigenvalue weighted by Crippen LogP contribution is -2.28. The van der Waals surface area contributed by atoms with Crippen molar-refractivity contribution in [3.63, 3.8) is 0 Å². The monoisotopic (exact) mass is 189 g/mol. The third-order valence-corrected chi connectivity index (χ3v) is 3.11. The summed E-state index contributed by atoms with van der Waals surface area (Å²) in [5.74, 6) is 0.750. The molecule has 0 aromatic heterocycles. The minimum Gasteiger partial charge on any atom is -0.312 e. The molecular weight excluding hydrogens is 170 g/mol. The standard InChI is InChI=1S/C13H19N/c1-2-3-6-11-9-14-10-12-7-4-5-8-13(11)12/h4-5,7-8,11,14H,2-3,6,9-10H2,1H3. The molecule has 1 N–H and O–H groups in total. The topological polar surface area (TPSA) is 12.0 Å². The van der Waals surface area contributed by atoms with Gasteiger partial charge < -0.3 is 5.32 Å². The van der Waals surface area contributed by atoms with Crippen molar-refractivity contribution < 1.29 is 0 Å². The maximum atomic E-state index is 3.50. The molecule has 0 saturated heterocycles. The molecule has 1 heterocycles. The minimum absolute atomic E-state index is 0.750. The van der Waals surface area contributed by atoms with Crippen molar-refractivity contribution in [2.75, 3.05) is 6.54 Å². The van der Waals surface area contributed by atoms with E-state index in [0.717, 1.165) is 19.0 Å². The van der Waals surface area contributed by atoms with E-state index < -0.39 is 0 Å². The summed E-state index contributed by atoms with van der Waals surface area (Å²) in [7, 11) is 0. The van der Waals surface area contributed by atoms with Gasteiger partial charge in [0.2, 0.25) is 0 Å². The van der Waals surface area contributed by atoms with Crippen LogP contribution in [0.25, 0.3) is 0 Å². The van der Waals surface area contributed by atoms with Gasteiger partial charge >= 0.3 is 0 Å². The molecule has 0 radical (unpaired) electrons. The fourth-order valence-electron chi connectivity index (χ4n) is 2.29. The molecule has 0 spiro atoms. The zero-order valence-corrected chi connectivity index (χ0v) is 8.92. The number of unbranched alkanes of at least 4 members (excludes halogenated alkanes) is 1. The largest absolute Gasteiger partial charge is 0.312 e. The highest BCUT2D eigenvalue weighted by molar-refractivity contribution is 5.32. The Hall–Kier alpha value is -0.820. The van der Waals surface area contributed by atoms with Gasteiger partial charge in [0.1, 0.15) is 0 Å². The van der Waals surface area contributed by atoms with E-state index in [1.54, 1.807) is 5.56 Å². The summed E-state index contributed by atoms with van der Waals surface area (Å²) in [5, 5.41) is 3.50. The Kier molecular flexibility index (Phi) is 3.20. The highest BCUT2D eigenvalue weighted by atomic mass is 14.9. The first kappa shape index (κ1) is 9.72. The summed E-state index contributed by atoms with van der Waals surface area (Å²) in [4.78, 5) is 0. The predicted octanol–water partition coefficient (Wildman–Crippen LogP) is 3.06. The van der Waals surface area contributed by atoms with E-state index in [0.29, 0.717) is 0 Å². The van der Waals surface area contributed by atoms with Gasteiger partial charge in [-0.1, -0.05) is 44.0 Å². The van der Waals surface area contributed by atoms with Gasteiger partial charge in [-0.15, -0.1) is 0 Å². The fraction of sp³-hybridized carbons (Fsp3) is 0.538. The number of hydrogen-bond acceptors (Lipinski definition) is 1. The van der Waals surface area contributed by atoms with Crippen LogP contribution in [0.2, 0.25) is 0 Å². The molecule has 1 aromatic carbocycles. The molecule has 0 amide bonds. The van der Waals surface area contributed by atoms with E-state index in [2.05, 4.69) is 36.5 Å². The van der Waals surface area contributed by atoms with E-state index in [-0.39, 0.29) is 0 Å². The van der Waals surface area contributed by atoms with Gasteiger partial charge in [-0.05, 0) is 23.5 Å². The Bertz CT molecular complexity index is 293. The van der Waals surface area contributed by atoms with Gasteiger partial charge in [0, 0.05) is 13.1 Å². The summed E-state index contributed by atoms with van der Waals surface area (Å²) in [6, 6.07) is 8.86. The van der Waals surface area contributed by atoms with Crippen LogP contribution >= 0.6 is 0 Å². The van der Waals surface area contributed by atoms with Gasteiger partial charge in [0.15, 0.2) is 0 Å². The summed E-state index contributed by atoms with van der Waals surface area (Å²) >= 11 is 0. The average Bonchev–Trinajstić information content (AvgIpc) is 2.26. The first-order chi connectivity index (χ1) is 6.92. The summed E-state index contributed by atoms with van der Waals surface area (Å²) < 4.78 is 0. The molecule has 1 heteroatoms. The molecule has 1 aromatic rings. The number of rotatable bonds is 3. The maximum absolute atomic E-state index is 3.50. The van der Waals surface area contributed by atoms with Crippen LogP contribution in [0.15, 0.2) is 24.3 Å². The number of hydrogen-bond donors (Lipinski definition) is 1. The van der Waals surface area contributed by atoms with Crippen molar-refractivity contribution in [1.82, 2.24) is 5.32 Å². The molecule has 1 nitrogen and oxygen atoms in total. The molecule has 2 rings (SSSR count). The van der Waals surface area contributed by atoms with Gasteiger partial charge in [0.25, 0.3) is 0 Å². The van der Waals surface area contributed by atoms with Gasteiger partial charge in [-0.3, -0.25) is 0 Å². The Morgan fingerprint density at radius 2 is 2.21 bits per heavy atom. The van der Waals surface area contributed by atoms with Crippen molar-refractivity contribution in [3.05, 3.63) is 35.4 Å². The fourth-order valence-corrected chi connectivity index (χ4v) is 2.29. The van der Waals surface area contributed by atoms with Crippen LogP contribution in [0.5, 0.6) is 0 Å². The van der Waals surface area contributed by atoms with Crippen molar-refractivity contribution >= 4 is 0 Å². The van der Waals surface area contributed by atoms with Crippen LogP contribution in [-0.4, -0.2) is 6.54 Å². The Labute approximate surface area is 86.5 Å². The molecule has 0 bridgehead atoms. The van der Waals surface area contributed by atoms with Gasteiger partial charge in [0.05, 0.1) is 0 Å². The lowest BCUT2D eigenvalue weighted by Gasteiger charge is -2.26. The minimum atomic E-state index is 0.750. The third-order valence-electron chi connectivity index (χ3n) is 3.11. The quantitative estimate of drug-likeness (QED) is 0.770. The van der Waals surface area contributed by atoms with Crippen LogP contribution in [0.3, 0.4) is 0 Å². The molecular formula is C13H19N. The normalized spacial score (nSPS) is 20.5.